The largest absolute Gasteiger partial charge is 0.473 e. The average Bonchev–Trinajstić information content (AvgIpc) is 3.07. The summed E-state index contributed by atoms with van der Waals surface area (Å²) in [5, 5.41) is 13.7. The van der Waals surface area contributed by atoms with E-state index in [2.05, 4.69) is 16.4 Å². The highest BCUT2D eigenvalue weighted by Gasteiger charge is 2.34. The second kappa shape index (κ2) is 7.40. The monoisotopic (exact) mass is 361 g/mol. The summed E-state index contributed by atoms with van der Waals surface area (Å²) in [4.78, 5) is 4.18. The van der Waals surface area contributed by atoms with Gasteiger partial charge in [0.15, 0.2) is 0 Å². The quantitative estimate of drug-likeness (QED) is 0.892. The molecule has 0 radical (unpaired) electrons. The van der Waals surface area contributed by atoms with Crippen molar-refractivity contribution in [1.29, 1.82) is 5.26 Å². The molecule has 124 valence electrons. The summed E-state index contributed by atoms with van der Waals surface area (Å²) in [5.74, 6) is 0.895. The lowest BCUT2D eigenvalue weighted by molar-refractivity contribution is 0.145. The van der Waals surface area contributed by atoms with E-state index >= 15 is 0 Å². The normalized spacial score (nSPS) is 21.2. The lowest BCUT2D eigenvalue weighted by atomic mass is 9.85. The van der Waals surface area contributed by atoms with Gasteiger partial charge in [-0.15, -0.1) is 0 Å². The predicted molar refractivity (Wildman–Crippen MR) is 94.6 cm³/mol. The van der Waals surface area contributed by atoms with E-state index in [1.165, 1.54) is 0 Å². The van der Waals surface area contributed by atoms with E-state index in [9.17, 15) is 5.26 Å². The zero-order valence-corrected chi connectivity index (χ0v) is 14.7. The maximum atomic E-state index is 9.17. The highest BCUT2D eigenvalue weighted by atomic mass is 35.5. The van der Waals surface area contributed by atoms with Gasteiger partial charge in [-0.3, -0.25) is 0 Å². The van der Waals surface area contributed by atoms with Crippen LogP contribution in [0.1, 0.15) is 24.0 Å². The average molecular weight is 362 g/mol. The van der Waals surface area contributed by atoms with Crippen molar-refractivity contribution >= 4 is 23.2 Å². The number of ether oxygens (including phenoxy) is 1. The van der Waals surface area contributed by atoms with Crippen LogP contribution in [-0.4, -0.2) is 24.2 Å². The lowest BCUT2D eigenvalue weighted by Gasteiger charge is -2.26. The minimum atomic E-state index is -0.0959. The molecule has 3 atom stereocenters. The Hall–Kier alpha value is -1.80. The minimum Gasteiger partial charge on any atom is -0.473 e. The molecular formula is C18H17Cl2N3O. The van der Waals surface area contributed by atoms with Crippen LogP contribution in [0.4, 0.5) is 0 Å². The maximum absolute atomic E-state index is 9.17. The van der Waals surface area contributed by atoms with Crippen LogP contribution in [0.15, 0.2) is 36.5 Å². The summed E-state index contributed by atoms with van der Waals surface area (Å²) < 4.78 is 5.99. The van der Waals surface area contributed by atoms with Gasteiger partial charge >= 0.3 is 0 Å². The van der Waals surface area contributed by atoms with E-state index in [0.29, 0.717) is 21.5 Å². The smallest absolute Gasteiger partial charge is 0.231 e. The molecule has 3 unspecified atom stereocenters. The van der Waals surface area contributed by atoms with Crippen molar-refractivity contribution in [2.24, 2.45) is 5.92 Å². The zero-order valence-electron chi connectivity index (χ0n) is 13.2. The molecule has 3 rings (SSSR count). The number of nitrogens with zero attached hydrogens (tertiary/aromatic N) is 2. The van der Waals surface area contributed by atoms with Gasteiger partial charge in [0.1, 0.15) is 17.7 Å². The molecule has 4 nitrogen and oxygen atoms in total. The molecule has 1 fully saturated rings. The predicted octanol–water partition coefficient (Wildman–Crippen LogP) is 4.03. The van der Waals surface area contributed by atoms with E-state index < -0.39 is 0 Å². The molecule has 1 N–H and O–H groups in total. The molecule has 0 bridgehead atoms. The Bertz CT molecular complexity index is 775. The van der Waals surface area contributed by atoms with Gasteiger partial charge in [-0.05, 0) is 36.8 Å². The number of aromatic nitrogens is 1. The van der Waals surface area contributed by atoms with Crippen molar-refractivity contribution in [3.8, 4) is 11.9 Å². The second-order valence-corrected chi connectivity index (χ2v) is 6.71. The van der Waals surface area contributed by atoms with Gasteiger partial charge in [0, 0.05) is 31.1 Å². The Labute approximate surface area is 151 Å². The van der Waals surface area contributed by atoms with Crippen LogP contribution >= 0.6 is 23.2 Å². The molecular weight excluding hydrogens is 345 g/mol. The van der Waals surface area contributed by atoms with Crippen LogP contribution < -0.4 is 10.1 Å². The van der Waals surface area contributed by atoms with Gasteiger partial charge in [-0.2, -0.15) is 5.26 Å². The Balaban J connectivity index is 1.79. The standard InChI is InChI=1S/C18H17Cl2N3O/c1-11(24-18-13(8-21)3-2-6-23-18)14-9-22-10-15(14)12-4-5-16(19)17(20)7-12/h2-7,11,14-15,22H,9-10H2,1H3. The molecule has 1 aliphatic heterocycles. The molecule has 1 aromatic carbocycles. The van der Waals surface area contributed by atoms with E-state index in [-0.39, 0.29) is 17.9 Å². The summed E-state index contributed by atoms with van der Waals surface area (Å²) in [6.07, 6.45) is 1.54. The number of halogens is 2. The first-order chi connectivity index (χ1) is 11.6. The van der Waals surface area contributed by atoms with Crippen molar-refractivity contribution < 1.29 is 4.74 Å². The first-order valence-corrected chi connectivity index (χ1v) is 8.53. The fourth-order valence-corrected chi connectivity index (χ4v) is 3.44. The summed E-state index contributed by atoms with van der Waals surface area (Å²) in [6, 6.07) is 11.3. The van der Waals surface area contributed by atoms with E-state index in [0.717, 1.165) is 18.7 Å². The Morgan fingerprint density at radius 2 is 2.12 bits per heavy atom. The summed E-state index contributed by atoms with van der Waals surface area (Å²) in [7, 11) is 0. The van der Waals surface area contributed by atoms with Crippen molar-refractivity contribution in [3.05, 3.63) is 57.7 Å². The molecule has 0 amide bonds. The van der Waals surface area contributed by atoms with Gasteiger partial charge in [0.05, 0.1) is 10.0 Å². The fourth-order valence-electron chi connectivity index (χ4n) is 3.13. The molecule has 0 aliphatic carbocycles. The number of pyridine rings is 1. The van der Waals surface area contributed by atoms with Crippen LogP contribution in [-0.2, 0) is 0 Å². The van der Waals surface area contributed by atoms with Crippen LogP contribution in [0, 0.1) is 17.2 Å². The Kier molecular flexibility index (Phi) is 5.25. The molecule has 1 saturated heterocycles. The first-order valence-electron chi connectivity index (χ1n) is 7.77. The molecule has 2 heterocycles. The van der Waals surface area contributed by atoms with E-state index in [1.807, 2.05) is 25.1 Å². The molecule has 1 aliphatic rings. The number of hydrogen-bond acceptors (Lipinski definition) is 4. The highest BCUT2D eigenvalue weighted by molar-refractivity contribution is 6.42. The molecule has 0 saturated carbocycles. The zero-order chi connectivity index (χ0) is 17.1. The summed E-state index contributed by atoms with van der Waals surface area (Å²) >= 11 is 12.2. The number of benzene rings is 1. The van der Waals surface area contributed by atoms with Crippen LogP contribution in [0.2, 0.25) is 10.0 Å². The molecule has 0 spiro atoms. The third-order valence-electron chi connectivity index (χ3n) is 4.43. The first kappa shape index (κ1) is 17.0. The van der Waals surface area contributed by atoms with Gasteiger partial charge in [-0.1, -0.05) is 29.3 Å². The number of hydrogen-bond donors (Lipinski definition) is 1. The van der Waals surface area contributed by atoms with Crippen LogP contribution in [0.25, 0.3) is 0 Å². The third kappa shape index (κ3) is 3.49. The van der Waals surface area contributed by atoms with Crippen molar-refractivity contribution in [2.75, 3.05) is 13.1 Å². The van der Waals surface area contributed by atoms with E-state index in [4.69, 9.17) is 27.9 Å². The van der Waals surface area contributed by atoms with Crippen LogP contribution in [0.5, 0.6) is 5.88 Å². The minimum absolute atomic E-state index is 0.0959. The number of rotatable bonds is 4. The van der Waals surface area contributed by atoms with Crippen molar-refractivity contribution in [2.45, 2.75) is 18.9 Å². The molecule has 6 heteroatoms. The van der Waals surface area contributed by atoms with Crippen molar-refractivity contribution in [3.63, 3.8) is 0 Å². The highest BCUT2D eigenvalue weighted by Crippen LogP contribution is 2.35. The summed E-state index contributed by atoms with van der Waals surface area (Å²) in [5.41, 5.74) is 1.58. The lowest BCUT2D eigenvalue weighted by Crippen LogP contribution is -2.29. The number of nitriles is 1. The Morgan fingerprint density at radius 1 is 1.29 bits per heavy atom. The van der Waals surface area contributed by atoms with Crippen molar-refractivity contribution in [1.82, 2.24) is 10.3 Å². The van der Waals surface area contributed by atoms with Gasteiger partial charge in [-0.25, -0.2) is 4.98 Å². The topological polar surface area (TPSA) is 57.9 Å². The third-order valence-corrected chi connectivity index (χ3v) is 5.16. The summed E-state index contributed by atoms with van der Waals surface area (Å²) in [6.45, 7) is 3.70. The Morgan fingerprint density at radius 3 is 2.88 bits per heavy atom. The van der Waals surface area contributed by atoms with Gasteiger partial charge in [0.2, 0.25) is 5.88 Å². The maximum Gasteiger partial charge on any atom is 0.231 e. The number of nitrogens with one attached hydrogen (secondary N) is 1. The van der Waals surface area contributed by atoms with Gasteiger partial charge in [0.25, 0.3) is 0 Å². The SMILES string of the molecule is CC(Oc1ncccc1C#N)C1CNCC1c1ccc(Cl)c(Cl)c1. The molecule has 24 heavy (non-hydrogen) atoms. The molecule has 1 aromatic heterocycles. The van der Waals surface area contributed by atoms with E-state index in [1.54, 1.807) is 18.3 Å². The van der Waals surface area contributed by atoms with Gasteiger partial charge < -0.3 is 10.1 Å². The van der Waals surface area contributed by atoms with Crippen LogP contribution in [0.3, 0.4) is 0 Å². The second-order valence-electron chi connectivity index (χ2n) is 5.89. The fraction of sp³-hybridized carbons (Fsp3) is 0.333. The molecule has 2 aromatic rings.